The van der Waals surface area contributed by atoms with Crippen molar-refractivity contribution in [1.82, 2.24) is 4.90 Å². The Labute approximate surface area is 141 Å². The van der Waals surface area contributed by atoms with Gasteiger partial charge in [0.1, 0.15) is 5.82 Å². The van der Waals surface area contributed by atoms with Crippen LogP contribution in [0.5, 0.6) is 0 Å². The summed E-state index contributed by atoms with van der Waals surface area (Å²) in [4.78, 5) is 25.6. The maximum atomic E-state index is 13.2. The molecule has 4 nitrogen and oxygen atoms in total. The maximum Gasteiger partial charge on any atom is 0.241 e. The molecule has 0 aliphatic carbocycles. The number of anilines is 1. The summed E-state index contributed by atoms with van der Waals surface area (Å²) in [5.74, 6) is -0.531. The van der Waals surface area contributed by atoms with Gasteiger partial charge in [-0.3, -0.25) is 14.5 Å². The Kier molecular flexibility index (Phi) is 5.82. The van der Waals surface area contributed by atoms with Gasteiger partial charge >= 0.3 is 0 Å². The van der Waals surface area contributed by atoms with Crippen LogP contribution in [0.3, 0.4) is 0 Å². The van der Waals surface area contributed by atoms with Crippen LogP contribution in [0.15, 0.2) is 48.5 Å². The topological polar surface area (TPSA) is 49.4 Å². The Morgan fingerprint density at radius 2 is 1.88 bits per heavy atom. The average Bonchev–Trinajstić information content (AvgIpc) is 2.54. The largest absolute Gasteiger partial charge is 0.325 e. The molecule has 126 valence electrons. The molecule has 2 rings (SSSR count). The van der Waals surface area contributed by atoms with Crippen LogP contribution in [0.1, 0.15) is 29.8 Å². The van der Waals surface area contributed by atoms with Crippen LogP contribution in [-0.2, 0) is 11.3 Å². The molecule has 1 amide bonds. The molecule has 1 atom stereocenters. The predicted octanol–water partition coefficient (Wildman–Crippen LogP) is 3.49. The zero-order valence-corrected chi connectivity index (χ0v) is 14.0. The van der Waals surface area contributed by atoms with Gasteiger partial charge in [-0.1, -0.05) is 24.3 Å². The van der Waals surface area contributed by atoms with E-state index >= 15 is 0 Å². The Morgan fingerprint density at radius 3 is 2.54 bits per heavy atom. The molecular formula is C19H21FN2O2. The fourth-order valence-corrected chi connectivity index (χ4v) is 2.32. The molecule has 0 saturated carbocycles. The lowest BCUT2D eigenvalue weighted by molar-refractivity contribution is -0.120. The van der Waals surface area contributed by atoms with Crippen LogP contribution < -0.4 is 5.32 Å². The molecule has 2 aromatic rings. The molecule has 0 bridgehead atoms. The number of benzene rings is 2. The average molecular weight is 328 g/mol. The van der Waals surface area contributed by atoms with Gasteiger partial charge in [0.15, 0.2) is 5.78 Å². The zero-order chi connectivity index (χ0) is 17.7. The van der Waals surface area contributed by atoms with E-state index in [0.717, 1.165) is 5.56 Å². The van der Waals surface area contributed by atoms with E-state index in [2.05, 4.69) is 5.32 Å². The molecular weight excluding hydrogens is 307 g/mol. The van der Waals surface area contributed by atoms with Crippen molar-refractivity contribution < 1.29 is 14.0 Å². The highest BCUT2D eigenvalue weighted by Gasteiger charge is 2.18. The van der Waals surface area contributed by atoms with E-state index in [1.165, 1.54) is 19.1 Å². The minimum absolute atomic E-state index is 0.0534. The highest BCUT2D eigenvalue weighted by Crippen LogP contribution is 2.13. The van der Waals surface area contributed by atoms with E-state index in [-0.39, 0.29) is 17.5 Å². The molecule has 0 unspecified atom stereocenters. The SMILES string of the molecule is CC(=O)c1cccc(NC(=O)[C@H](C)N(C)Cc2cccc(F)c2)c1. The number of hydrogen-bond donors (Lipinski definition) is 1. The lowest BCUT2D eigenvalue weighted by Crippen LogP contribution is -2.39. The Morgan fingerprint density at radius 1 is 1.17 bits per heavy atom. The van der Waals surface area contributed by atoms with Crippen molar-refractivity contribution in [1.29, 1.82) is 0 Å². The summed E-state index contributed by atoms with van der Waals surface area (Å²) >= 11 is 0. The first-order valence-corrected chi connectivity index (χ1v) is 7.73. The van der Waals surface area contributed by atoms with Gasteiger partial charge in [-0.2, -0.15) is 0 Å². The van der Waals surface area contributed by atoms with E-state index in [4.69, 9.17) is 0 Å². The smallest absolute Gasteiger partial charge is 0.241 e. The summed E-state index contributed by atoms with van der Waals surface area (Å²) in [6, 6.07) is 12.7. The molecule has 5 heteroatoms. The van der Waals surface area contributed by atoms with Gasteiger partial charge in [0.2, 0.25) is 5.91 Å². The lowest BCUT2D eigenvalue weighted by atomic mass is 10.1. The number of ketones is 1. The number of likely N-dealkylation sites (N-methyl/N-ethyl adjacent to an activating group) is 1. The molecule has 0 aromatic heterocycles. The molecule has 0 radical (unpaired) electrons. The van der Waals surface area contributed by atoms with Gasteiger partial charge in [0.25, 0.3) is 0 Å². The van der Waals surface area contributed by atoms with Crippen molar-refractivity contribution in [3.05, 3.63) is 65.5 Å². The van der Waals surface area contributed by atoms with Gasteiger partial charge in [-0.15, -0.1) is 0 Å². The van der Waals surface area contributed by atoms with Gasteiger partial charge in [-0.25, -0.2) is 4.39 Å². The summed E-state index contributed by atoms with van der Waals surface area (Å²) in [6.07, 6.45) is 0. The first kappa shape index (κ1) is 17.8. The Bertz CT molecular complexity index is 746. The van der Waals surface area contributed by atoms with E-state index in [1.807, 2.05) is 11.0 Å². The second-order valence-electron chi connectivity index (χ2n) is 5.85. The van der Waals surface area contributed by atoms with E-state index in [9.17, 15) is 14.0 Å². The number of carbonyl (C=O) groups excluding carboxylic acids is 2. The summed E-state index contributed by atoms with van der Waals surface area (Å²) in [5.41, 5.74) is 1.93. The Hall–Kier alpha value is -2.53. The summed E-state index contributed by atoms with van der Waals surface area (Å²) < 4.78 is 13.2. The van der Waals surface area contributed by atoms with Crippen LogP contribution in [0.25, 0.3) is 0 Å². The highest BCUT2D eigenvalue weighted by atomic mass is 19.1. The molecule has 2 aromatic carbocycles. The summed E-state index contributed by atoms with van der Waals surface area (Å²) in [5, 5.41) is 2.81. The second-order valence-corrected chi connectivity index (χ2v) is 5.85. The standard InChI is InChI=1S/C19H21FN2O2/c1-13(22(3)12-15-6-4-8-17(20)10-15)19(24)21-18-9-5-7-16(11-18)14(2)23/h4-11,13H,12H2,1-3H3,(H,21,24)/t13-/m0/s1. The molecule has 1 N–H and O–H groups in total. The van der Waals surface area contributed by atoms with Gasteiger partial charge in [-0.05, 0) is 50.7 Å². The highest BCUT2D eigenvalue weighted by molar-refractivity contribution is 5.98. The molecule has 0 spiro atoms. The molecule has 0 aliphatic rings. The molecule has 0 heterocycles. The number of nitrogens with one attached hydrogen (secondary N) is 1. The van der Waals surface area contributed by atoms with Crippen LogP contribution in [0.4, 0.5) is 10.1 Å². The van der Waals surface area contributed by atoms with Crippen LogP contribution in [0, 0.1) is 5.82 Å². The minimum atomic E-state index is -0.408. The van der Waals surface area contributed by atoms with E-state index < -0.39 is 6.04 Å². The van der Waals surface area contributed by atoms with Gasteiger partial charge in [0, 0.05) is 17.8 Å². The Balaban J connectivity index is 2.00. The first-order chi connectivity index (χ1) is 11.4. The van der Waals surface area contributed by atoms with Crippen LogP contribution >= 0.6 is 0 Å². The number of carbonyl (C=O) groups is 2. The third-order valence-corrected chi connectivity index (χ3v) is 3.90. The first-order valence-electron chi connectivity index (χ1n) is 7.73. The number of rotatable bonds is 6. The minimum Gasteiger partial charge on any atom is -0.325 e. The predicted molar refractivity (Wildman–Crippen MR) is 92.4 cm³/mol. The number of halogens is 1. The maximum absolute atomic E-state index is 13.2. The van der Waals surface area contributed by atoms with Crippen molar-refractivity contribution in [3.63, 3.8) is 0 Å². The van der Waals surface area contributed by atoms with Crippen LogP contribution in [-0.4, -0.2) is 29.7 Å². The molecule has 24 heavy (non-hydrogen) atoms. The number of Topliss-reactive ketones (excluding diaryl/α,β-unsaturated/α-hetero) is 1. The van der Waals surface area contributed by atoms with Gasteiger partial charge < -0.3 is 5.32 Å². The lowest BCUT2D eigenvalue weighted by Gasteiger charge is -2.24. The van der Waals surface area contributed by atoms with Crippen molar-refractivity contribution in [2.75, 3.05) is 12.4 Å². The van der Waals surface area contributed by atoms with Crippen molar-refractivity contribution in [2.24, 2.45) is 0 Å². The summed E-state index contributed by atoms with van der Waals surface area (Å²) in [7, 11) is 1.81. The summed E-state index contributed by atoms with van der Waals surface area (Å²) in [6.45, 7) is 3.72. The van der Waals surface area contributed by atoms with E-state index in [0.29, 0.717) is 17.8 Å². The van der Waals surface area contributed by atoms with Crippen molar-refractivity contribution >= 4 is 17.4 Å². The fraction of sp³-hybridized carbons (Fsp3) is 0.263. The monoisotopic (exact) mass is 328 g/mol. The number of amides is 1. The quantitative estimate of drug-likeness (QED) is 0.826. The number of nitrogens with zero attached hydrogens (tertiary/aromatic N) is 1. The van der Waals surface area contributed by atoms with E-state index in [1.54, 1.807) is 44.3 Å². The van der Waals surface area contributed by atoms with Crippen molar-refractivity contribution in [3.8, 4) is 0 Å². The zero-order valence-electron chi connectivity index (χ0n) is 14.0. The van der Waals surface area contributed by atoms with Gasteiger partial charge in [0.05, 0.1) is 6.04 Å². The van der Waals surface area contributed by atoms with Crippen molar-refractivity contribution in [2.45, 2.75) is 26.4 Å². The molecule has 0 saturated heterocycles. The van der Waals surface area contributed by atoms with Crippen LogP contribution in [0.2, 0.25) is 0 Å². The fourth-order valence-electron chi connectivity index (χ4n) is 2.32. The molecule has 0 fully saturated rings. The normalized spacial score (nSPS) is 12.0. The second kappa shape index (κ2) is 7.84. The third kappa shape index (κ3) is 4.73. The molecule has 0 aliphatic heterocycles. The number of hydrogen-bond acceptors (Lipinski definition) is 3. The third-order valence-electron chi connectivity index (χ3n) is 3.90.